The topological polar surface area (TPSA) is 81.3 Å². The van der Waals surface area contributed by atoms with Gasteiger partial charge in [-0.15, -0.1) is 0 Å². The summed E-state index contributed by atoms with van der Waals surface area (Å²) in [5.41, 5.74) is 3.15. The third kappa shape index (κ3) is 4.02. The Labute approximate surface area is 149 Å². The van der Waals surface area contributed by atoms with Crippen molar-refractivity contribution < 1.29 is 8.42 Å². The van der Waals surface area contributed by atoms with Crippen molar-refractivity contribution in [2.45, 2.75) is 25.3 Å². The van der Waals surface area contributed by atoms with E-state index in [1.54, 1.807) is 13.8 Å². The van der Waals surface area contributed by atoms with Crippen LogP contribution in [-0.2, 0) is 16.6 Å². The number of aromatic amines is 1. The Morgan fingerprint density at radius 2 is 1.76 bits per heavy atom. The van der Waals surface area contributed by atoms with Crippen LogP contribution in [0.25, 0.3) is 0 Å². The number of anilines is 1. The van der Waals surface area contributed by atoms with Gasteiger partial charge in [0.25, 0.3) is 0 Å². The van der Waals surface area contributed by atoms with Crippen LogP contribution in [0.4, 0.5) is 5.69 Å². The zero-order chi connectivity index (χ0) is 18.0. The lowest BCUT2D eigenvalue weighted by molar-refractivity contribution is 0.313. The van der Waals surface area contributed by atoms with Crippen LogP contribution in [0.2, 0.25) is 0 Å². The quantitative estimate of drug-likeness (QED) is 0.836. The number of hydrogen-bond donors (Lipinski definition) is 2. The van der Waals surface area contributed by atoms with Crippen LogP contribution >= 0.6 is 0 Å². The van der Waals surface area contributed by atoms with Gasteiger partial charge < -0.3 is 9.80 Å². The number of nitrogens with one attached hydrogen (secondary N) is 2. The summed E-state index contributed by atoms with van der Waals surface area (Å²) in [6.07, 6.45) is 0. The molecule has 0 amide bonds. The molecule has 0 radical (unpaired) electrons. The normalized spacial score (nSPS) is 16.4. The second kappa shape index (κ2) is 7.15. The van der Waals surface area contributed by atoms with Gasteiger partial charge in [0.1, 0.15) is 4.90 Å². The third-order valence-corrected chi connectivity index (χ3v) is 6.26. The maximum Gasteiger partial charge on any atom is 0.244 e. The number of aryl methyl sites for hydroxylation is 2. The van der Waals surface area contributed by atoms with Crippen molar-refractivity contribution >= 4 is 15.7 Å². The number of nitrogens with zero attached hydrogens (tertiary/aromatic N) is 3. The average molecular weight is 363 g/mol. The summed E-state index contributed by atoms with van der Waals surface area (Å²) < 4.78 is 27.6. The molecule has 2 aromatic rings. The third-order valence-electron chi connectivity index (χ3n) is 4.60. The minimum atomic E-state index is -3.57. The first-order chi connectivity index (χ1) is 11.9. The molecule has 3 rings (SSSR count). The Bertz CT molecular complexity index is 802. The molecule has 8 heteroatoms. The average Bonchev–Trinajstić information content (AvgIpc) is 2.94. The minimum absolute atomic E-state index is 0.238. The fraction of sp³-hybridized carbons (Fsp3) is 0.471. The Morgan fingerprint density at radius 3 is 2.32 bits per heavy atom. The molecule has 1 saturated heterocycles. The van der Waals surface area contributed by atoms with E-state index in [2.05, 4.69) is 43.9 Å². The number of aromatic nitrogens is 2. The van der Waals surface area contributed by atoms with Gasteiger partial charge in [-0.1, -0.05) is 12.1 Å². The number of H-pyrrole nitrogens is 1. The number of sulfonamides is 1. The number of piperazine rings is 1. The predicted octanol–water partition coefficient (Wildman–Crippen LogP) is 1.26. The summed E-state index contributed by atoms with van der Waals surface area (Å²) in [5, 5.41) is 6.66. The van der Waals surface area contributed by atoms with E-state index in [-0.39, 0.29) is 11.4 Å². The van der Waals surface area contributed by atoms with Crippen LogP contribution < -0.4 is 9.62 Å². The lowest BCUT2D eigenvalue weighted by atomic mass is 10.2. The van der Waals surface area contributed by atoms with E-state index in [0.717, 1.165) is 31.7 Å². The molecule has 0 atom stereocenters. The Hall–Kier alpha value is -1.90. The first-order valence-corrected chi connectivity index (χ1v) is 9.89. The highest BCUT2D eigenvalue weighted by Gasteiger charge is 2.22. The summed E-state index contributed by atoms with van der Waals surface area (Å²) in [6, 6.07) is 8.07. The standard InChI is InChI=1S/C17H25N5O2S/c1-13-17(14(2)20-19-13)25(23,24)18-12-15-4-6-16(7-5-15)22-10-8-21(3)9-11-22/h4-7,18H,8-12H2,1-3H3,(H,19,20). The number of likely N-dealkylation sites (N-methyl/N-ethyl adjacent to an activating group) is 1. The second-order valence-electron chi connectivity index (χ2n) is 6.54. The van der Waals surface area contributed by atoms with Gasteiger partial charge in [0.15, 0.2) is 0 Å². The van der Waals surface area contributed by atoms with Crippen molar-refractivity contribution in [3.63, 3.8) is 0 Å². The van der Waals surface area contributed by atoms with Crippen molar-refractivity contribution in [2.75, 3.05) is 38.1 Å². The van der Waals surface area contributed by atoms with Gasteiger partial charge in [0, 0.05) is 38.4 Å². The van der Waals surface area contributed by atoms with Crippen molar-refractivity contribution in [2.24, 2.45) is 0 Å². The Morgan fingerprint density at radius 1 is 1.12 bits per heavy atom. The van der Waals surface area contributed by atoms with Crippen LogP contribution in [0.3, 0.4) is 0 Å². The molecule has 0 aliphatic carbocycles. The minimum Gasteiger partial charge on any atom is -0.369 e. The van der Waals surface area contributed by atoms with E-state index in [1.807, 2.05) is 12.1 Å². The van der Waals surface area contributed by atoms with Gasteiger partial charge in [0.2, 0.25) is 10.0 Å². The van der Waals surface area contributed by atoms with Crippen molar-refractivity contribution in [1.82, 2.24) is 19.8 Å². The van der Waals surface area contributed by atoms with Crippen LogP contribution in [0.15, 0.2) is 29.2 Å². The van der Waals surface area contributed by atoms with Gasteiger partial charge in [-0.2, -0.15) is 5.10 Å². The zero-order valence-electron chi connectivity index (χ0n) is 14.9. The highest BCUT2D eigenvalue weighted by Crippen LogP contribution is 2.19. The molecule has 25 heavy (non-hydrogen) atoms. The molecule has 0 bridgehead atoms. The largest absolute Gasteiger partial charge is 0.369 e. The first-order valence-electron chi connectivity index (χ1n) is 8.40. The summed E-state index contributed by atoms with van der Waals surface area (Å²) in [5.74, 6) is 0. The fourth-order valence-electron chi connectivity index (χ4n) is 3.08. The fourth-order valence-corrected chi connectivity index (χ4v) is 4.46. The smallest absolute Gasteiger partial charge is 0.244 e. The van der Waals surface area contributed by atoms with Gasteiger partial charge in [-0.3, -0.25) is 5.10 Å². The molecule has 0 saturated carbocycles. The van der Waals surface area contributed by atoms with Crippen LogP contribution in [-0.4, -0.2) is 56.7 Å². The number of rotatable bonds is 5. The molecule has 0 spiro atoms. The molecular weight excluding hydrogens is 338 g/mol. The van der Waals surface area contributed by atoms with E-state index in [4.69, 9.17) is 0 Å². The monoisotopic (exact) mass is 363 g/mol. The zero-order valence-corrected chi connectivity index (χ0v) is 15.7. The molecule has 1 aliphatic heterocycles. The number of hydrogen-bond acceptors (Lipinski definition) is 5. The van der Waals surface area contributed by atoms with Gasteiger partial charge >= 0.3 is 0 Å². The molecule has 1 aliphatic rings. The summed E-state index contributed by atoms with van der Waals surface area (Å²) in [6.45, 7) is 7.80. The maximum absolute atomic E-state index is 12.5. The highest BCUT2D eigenvalue weighted by atomic mass is 32.2. The molecule has 7 nitrogen and oxygen atoms in total. The molecular formula is C17H25N5O2S. The molecule has 1 fully saturated rings. The SMILES string of the molecule is Cc1n[nH]c(C)c1S(=O)(=O)NCc1ccc(N2CCN(C)CC2)cc1. The molecule has 1 aromatic heterocycles. The highest BCUT2D eigenvalue weighted by molar-refractivity contribution is 7.89. The summed E-state index contributed by atoms with van der Waals surface area (Å²) >= 11 is 0. The molecule has 1 aromatic carbocycles. The van der Waals surface area contributed by atoms with Gasteiger partial charge in [-0.05, 0) is 38.6 Å². The van der Waals surface area contributed by atoms with E-state index < -0.39 is 10.0 Å². The van der Waals surface area contributed by atoms with E-state index in [9.17, 15) is 8.42 Å². The Balaban J connectivity index is 1.64. The predicted molar refractivity (Wildman–Crippen MR) is 98.2 cm³/mol. The van der Waals surface area contributed by atoms with Crippen molar-refractivity contribution in [3.8, 4) is 0 Å². The van der Waals surface area contributed by atoms with Crippen molar-refractivity contribution in [1.29, 1.82) is 0 Å². The summed E-state index contributed by atoms with van der Waals surface area (Å²) in [4.78, 5) is 4.91. The summed E-state index contributed by atoms with van der Waals surface area (Å²) in [7, 11) is -1.44. The van der Waals surface area contributed by atoms with Crippen LogP contribution in [0, 0.1) is 13.8 Å². The first kappa shape index (κ1) is 17.9. The van der Waals surface area contributed by atoms with Gasteiger partial charge in [0.05, 0.1) is 11.4 Å². The second-order valence-corrected chi connectivity index (χ2v) is 8.25. The van der Waals surface area contributed by atoms with E-state index in [1.165, 1.54) is 5.69 Å². The van der Waals surface area contributed by atoms with Crippen molar-refractivity contribution in [3.05, 3.63) is 41.2 Å². The molecule has 136 valence electrons. The van der Waals surface area contributed by atoms with Crippen LogP contribution in [0.1, 0.15) is 17.0 Å². The lowest BCUT2D eigenvalue weighted by Crippen LogP contribution is -2.44. The van der Waals surface area contributed by atoms with E-state index in [0.29, 0.717) is 11.4 Å². The Kier molecular flexibility index (Phi) is 5.12. The maximum atomic E-state index is 12.5. The lowest BCUT2D eigenvalue weighted by Gasteiger charge is -2.34. The van der Waals surface area contributed by atoms with E-state index >= 15 is 0 Å². The molecule has 0 unspecified atom stereocenters. The van der Waals surface area contributed by atoms with Crippen LogP contribution in [0.5, 0.6) is 0 Å². The molecule has 2 N–H and O–H groups in total. The van der Waals surface area contributed by atoms with Gasteiger partial charge in [-0.25, -0.2) is 13.1 Å². The number of benzene rings is 1. The molecule has 2 heterocycles.